The zero-order valence-corrected chi connectivity index (χ0v) is 13.3. The number of aromatic nitrogens is 1. The Bertz CT molecular complexity index is 730. The molecule has 6 nitrogen and oxygen atoms in total. The topological polar surface area (TPSA) is 89.6 Å². The van der Waals surface area contributed by atoms with Crippen LogP contribution in [0.2, 0.25) is 0 Å². The van der Waals surface area contributed by atoms with E-state index < -0.39 is 21.8 Å². The molecule has 120 valence electrons. The standard InChI is InChI=1S/C15H19NO5S/c1-3-20-11(2)8-12(10-22(17,18)19)9-15-16-13-6-4-5-7-14(13)21-15/h4-8,12H,3,9-10H2,1-2H3,(H,17,18,19). The third-order valence-electron chi connectivity index (χ3n) is 3.04. The first-order valence-corrected chi connectivity index (χ1v) is 8.59. The van der Waals surface area contributed by atoms with Crippen molar-refractivity contribution in [2.75, 3.05) is 12.4 Å². The first-order chi connectivity index (χ1) is 10.4. The van der Waals surface area contributed by atoms with Crippen LogP contribution in [-0.4, -0.2) is 30.3 Å². The molecule has 1 unspecified atom stereocenters. The van der Waals surface area contributed by atoms with Crippen LogP contribution in [0.15, 0.2) is 40.5 Å². The van der Waals surface area contributed by atoms with E-state index in [2.05, 4.69) is 4.98 Å². The van der Waals surface area contributed by atoms with Crippen molar-refractivity contribution < 1.29 is 22.1 Å². The normalized spacial score (nSPS) is 14.2. The van der Waals surface area contributed by atoms with Crippen molar-refractivity contribution in [2.24, 2.45) is 5.92 Å². The highest BCUT2D eigenvalue weighted by atomic mass is 32.2. The Hall–Kier alpha value is -1.86. The molecule has 1 N–H and O–H groups in total. The minimum atomic E-state index is -4.10. The smallest absolute Gasteiger partial charge is 0.265 e. The Morgan fingerprint density at radius 2 is 2.18 bits per heavy atom. The van der Waals surface area contributed by atoms with E-state index in [1.165, 1.54) is 0 Å². The molecule has 0 aliphatic carbocycles. The second kappa shape index (κ2) is 6.93. The number of nitrogens with zero attached hydrogens (tertiary/aromatic N) is 1. The van der Waals surface area contributed by atoms with E-state index in [4.69, 9.17) is 13.7 Å². The van der Waals surface area contributed by atoms with Crippen molar-refractivity contribution in [2.45, 2.75) is 20.3 Å². The summed E-state index contributed by atoms with van der Waals surface area (Å²) < 4.78 is 42.4. The van der Waals surface area contributed by atoms with E-state index in [0.29, 0.717) is 29.4 Å². The molecule has 1 aromatic carbocycles. The summed E-state index contributed by atoms with van der Waals surface area (Å²) in [5, 5.41) is 0. The molecule has 0 radical (unpaired) electrons. The van der Waals surface area contributed by atoms with Gasteiger partial charge in [0, 0.05) is 12.3 Å². The van der Waals surface area contributed by atoms with Gasteiger partial charge in [0.25, 0.3) is 10.1 Å². The molecule has 2 aromatic rings. The van der Waals surface area contributed by atoms with E-state index in [0.717, 1.165) is 0 Å². The molecule has 22 heavy (non-hydrogen) atoms. The van der Waals surface area contributed by atoms with Crippen molar-refractivity contribution in [3.8, 4) is 0 Å². The summed E-state index contributed by atoms with van der Waals surface area (Å²) in [4.78, 5) is 4.32. The van der Waals surface area contributed by atoms with Crippen LogP contribution in [0.1, 0.15) is 19.7 Å². The van der Waals surface area contributed by atoms with Crippen molar-refractivity contribution in [1.29, 1.82) is 0 Å². The Balaban J connectivity index is 2.22. The molecule has 2 rings (SSSR count). The molecule has 0 fully saturated rings. The van der Waals surface area contributed by atoms with Crippen molar-refractivity contribution >= 4 is 21.2 Å². The van der Waals surface area contributed by atoms with E-state index in [1.54, 1.807) is 19.1 Å². The van der Waals surface area contributed by atoms with Gasteiger partial charge in [0.05, 0.1) is 18.1 Å². The largest absolute Gasteiger partial charge is 0.499 e. The van der Waals surface area contributed by atoms with Gasteiger partial charge in [-0.1, -0.05) is 12.1 Å². The van der Waals surface area contributed by atoms with Crippen LogP contribution in [0.3, 0.4) is 0 Å². The third kappa shape index (κ3) is 4.85. The number of benzene rings is 1. The average molecular weight is 325 g/mol. The van der Waals surface area contributed by atoms with Gasteiger partial charge in [-0.05, 0) is 32.1 Å². The van der Waals surface area contributed by atoms with Crippen LogP contribution in [0, 0.1) is 5.92 Å². The first kappa shape index (κ1) is 16.5. The Labute approximate surface area is 129 Å². The highest BCUT2D eigenvalue weighted by Crippen LogP contribution is 2.19. The zero-order valence-electron chi connectivity index (χ0n) is 12.5. The van der Waals surface area contributed by atoms with Crippen molar-refractivity contribution in [3.05, 3.63) is 42.0 Å². The number of rotatable bonds is 7. The maximum absolute atomic E-state index is 11.2. The summed E-state index contributed by atoms with van der Waals surface area (Å²) in [6, 6.07) is 7.31. The number of para-hydroxylation sites is 2. The molecule has 1 aromatic heterocycles. The van der Waals surface area contributed by atoms with Crippen LogP contribution in [0.5, 0.6) is 0 Å². The fourth-order valence-corrected chi connectivity index (χ4v) is 3.03. The molecule has 0 spiro atoms. The van der Waals surface area contributed by atoms with Gasteiger partial charge < -0.3 is 9.15 Å². The van der Waals surface area contributed by atoms with E-state index >= 15 is 0 Å². The van der Waals surface area contributed by atoms with Gasteiger partial charge in [0.1, 0.15) is 5.52 Å². The van der Waals surface area contributed by atoms with E-state index in [1.807, 2.05) is 25.1 Å². The van der Waals surface area contributed by atoms with E-state index in [-0.39, 0.29) is 6.42 Å². The minimum Gasteiger partial charge on any atom is -0.499 e. The lowest BCUT2D eigenvalue weighted by atomic mass is 10.1. The maximum atomic E-state index is 11.2. The van der Waals surface area contributed by atoms with Crippen LogP contribution in [0.4, 0.5) is 0 Å². The van der Waals surface area contributed by atoms with E-state index in [9.17, 15) is 8.42 Å². The third-order valence-corrected chi connectivity index (χ3v) is 3.89. The highest BCUT2D eigenvalue weighted by Gasteiger charge is 2.19. The molecule has 0 bridgehead atoms. The van der Waals surface area contributed by atoms with Crippen LogP contribution >= 0.6 is 0 Å². The molecule has 0 saturated carbocycles. The molecular formula is C15H19NO5S. The van der Waals surface area contributed by atoms with Crippen LogP contribution in [0.25, 0.3) is 11.1 Å². The summed E-state index contributed by atoms with van der Waals surface area (Å²) in [6.45, 7) is 4.08. The van der Waals surface area contributed by atoms with Gasteiger partial charge in [-0.3, -0.25) is 4.55 Å². The molecule has 0 amide bonds. The summed E-state index contributed by atoms with van der Waals surface area (Å²) >= 11 is 0. The quantitative estimate of drug-likeness (QED) is 0.622. The second-order valence-electron chi connectivity index (χ2n) is 5.00. The second-order valence-corrected chi connectivity index (χ2v) is 6.50. The predicted octanol–water partition coefficient (Wildman–Crippen LogP) is 2.81. The Morgan fingerprint density at radius 3 is 2.82 bits per heavy atom. The summed E-state index contributed by atoms with van der Waals surface area (Å²) in [5.41, 5.74) is 1.36. The molecular weight excluding hydrogens is 306 g/mol. The maximum Gasteiger partial charge on any atom is 0.265 e. The fourth-order valence-electron chi connectivity index (χ4n) is 2.28. The number of fused-ring (bicyclic) bond motifs is 1. The molecule has 1 heterocycles. The average Bonchev–Trinajstić information content (AvgIpc) is 2.78. The summed E-state index contributed by atoms with van der Waals surface area (Å²) in [5.74, 6) is 0.146. The first-order valence-electron chi connectivity index (χ1n) is 6.98. The van der Waals surface area contributed by atoms with Gasteiger partial charge in [-0.25, -0.2) is 4.98 Å². The lowest BCUT2D eigenvalue weighted by Crippen LogP contribution is -2.16. The van der Waals surface area contributed by atoms with Gasteiger partial charge in [-0.2, -0.15) is 8.42 Å². The molecule has 1 atom stereocenters. The molecule has 0 aliphatic rings. The molecule has 0 aliphatic heterocycles. The fraction of sp³-hybridized carbons (Fsp3) is 0.400. The van der Waals surface area contributed by atoms with Crippen molar-refractivity contribution in [3.63, 3.8) is 0 Å². The van der Waals surface area contributed by atoms with Gasteiger partial charge in [0.2, 0.25) is 0 Å². The number of oxazole rings is 1. The number of ether oxygens (including phenoxy) is 1. The zero-order chi connectivity index (χ0) is 16.2. The lowest BCUT2D eigenvalue weighted by molar-refractivity contribution is 0.228. The van der Waals surface area contributed by atoms with Gasteiger partial charge in [0.15, 0.2) is 11.5 Å². The molecule has 0 saturated heterocycles. The van der Waals surface area contributed by atoms with Crippen LogP contribution < -0.4 is 0 Å². The number of hydrogen-bond donors (Lipinski definition) is 1. The summed E-state index contributed by atoms with van der Waals surface area (Å²) in [6.07, 6.45) is 1.94. The van der Waals surface area contributed by atoms with Gasteiger partial charge in [-0.15, -0.1) is 0 Å². The SMILES string of the molecule is CCOC(C)=CC(Cc1nc2ccccc2o1)CS(=O)(=O)O. The summed E-state index contributed by atoms with van der Waals surface area (Å²) in [7, 11) is -4.10. The van der Waals surface area contributed by atoms with Crippen LogP contribution in [-0.2, 0) is 21.3 Å². The highest BCUT2D eigenvalue weighted by molar-refractivity contribution is 7.85. The molecule has 7 heteroatoms. The predicted molar refractivity (Wildman–Crippen MR) is 83.0 cm³/mol. The Morgan fingerprint density at radius 1 is 1.45 bits per heavy atom. The number of allylic oxidation sites excluding steroid dienone is 2. The Kier molecular flexibility index (Phi) is 5.20. The minimum absolute atomic E-state index is 0.263. The lowest BCUT2D eigenvalue weighted by Gasteiger charge is -2.11. The van der Waals surface area contributed by atoms with Gasteiger partial charge >= 0.3 is 0 Å². The number of hydrogen-bond acceptors (Lipinski definition) is 5. The monoisotopic (exact) mass is 325 g/mol. The van der Waals surface area contributed by atoms with Crippen molar-refractivity contribution in [1.82, 2.24) is 4.98 Å².